The molecule has 152 valence electrons. The molecule has 0 aliphatic carbocycles. The van der Waals surface area contributed by atoms with Crippen molar-refractivity contribution in [2.75, 3.05) is 0 Å². The lowest BCUT2D eigenvalue weighted by molar-refractivity contribution is -0.153. The quantitative estimate of drug-likeness (QED) is 0.381. The number of carboxylic acids is 1. The summed E-state index contributed by atoms with van der Waals surface area (Å²) in [6.45, 7) is 8.65. The molecule has 1 fully saturated rings. The SMILES string of the molecule is CC1(C)CC(OC(=O)CCCCCCCCCCC(=O)O)CC(C)(C)N1. The monoisotopic (exact) mass is 369 g/mol. The molecule has 5 nitrogen and oxygen atoms in total. The van der Waals surface area contributed by atoms with Crippen molar-refractivity contribution in [3.63, 3.8) is 0 Å². The van der Waals surface area contributed by atoms with Gasteiger partial charge in [-0.05, 0) is 40.5 Å². The van der Waals surface area contributed by atoms with Crippen LogP contribution in [0.1, 0.15) is 105 Å². The Hall–Kier alpha value is -1.10. The summed E-state index contributed by atoms with van der Waals surface area (Å²) in [4.78, 5) is 22.5. The maximum Gasteiger partial charge on any atom is 0.306 e. The van der Waals surface area contributed by atoms with Gasteiger partial charge in [0.1, 0.15) is 6.10 Å². The zero-order valence-corrected chi connectivity index (χ0v) is 17.2. The van der Waals surface area contributed by atoms with Gasteiger partial charge in [0.25, 0.3) is 0 Å². The number of carboxylic acid groups (broad SMARTS) is 1. The molecular weight excluding hydrogens is 330 g/mol. The Labute approximate surface area is 159 Å². The number of hydrogen-bond acceptors (Lipinski definition) is 4. The normalized spacial score (nSPS) is 19.2. The van der Waals surface area contributed by atoms with Crippen molar-refractivity contribution in [2.45, 2.75) is 122 Å². The van der Waals surface area contributed by atoms with E-state index < -0.39 is 5.97 Å². The van der Waals surface area contributed by atoms with Crippen LogP contribution in [0.25, 0.3) is 0 Å². The smallest absolute Gasteiger partial charge is 0.306 e. The number of aliphatic carboxylic acids is 1. The minimum absolute atomic E-state index is 0.00282. The second-order valence-corrected chi connectivity index (χ2v) is 9.14. The van der Waals surface area contributed by atoms with Crippen LogP contribution in [0.5, 0.6) is 0 Å². The summed E-state index contributed by atoms with van der Waals surface area (Å²) in [5, 5.41) is 12.2. The number of esters is 1. The van der Waals surface area contributed by atoms with E-state index in [0.717, 1.165) is 57.8 Å². The van der Waals surface area contributed by atoms with Gasteiger partial charge in [-0.1, -0.05) is 38.5 Å². The van der Waals surface area contributed by atoms with E-state index in [1.807, 2.05) is 0 Å². The standard InChI is InChI=1S/C21H39NO4/c1-20(2)15-17(16-21(3,4)22-20)26-19(25)14-12-10-8-6-5-7-9-11-13-18(23)24/h17,22H,5-16H2,1-4H3,(H,23,24). The summed E-state index contributed by atoms with van der Waals surface area (Å²) < 4.78 is 5.73. The Morgan fingerprint density at radius 3 is 1.73 bits per heavy atom. The number of rotatable bonds is 12. The Bertz CT molecular complexity index is 429. The van der Waals surface area contributed by atoms with Crippen LogP contribution in [-0.2, 0) is 14.3 Å². The molecule has 0 aromatic carbocycles. The van der Waals surface area contributed by atoms with Gasteiger partial charge in [-0.25, -0.2) is 0 Å². The Balaban J connectivity index is 2.04. The van der Waals surface area contributed by atoms with Crippen molar-refractivity contribution in [3.8, 4) is 0 Å². The molecule has 1 aliphatic rings. The zero-order valence-electron chi connectivity index (χ0n) is 17.2. The Morgan fingerprint density at radius 2 is 1.27 bits per heavy atom. The first-order valence-electron chi connectivity index (χ1n) is 10.3. The topological polar surface area (TPSA) is 75.6 Å². The van der Waals surface area contributed by atoms with Crippen LogP contribution in [0.2, 0.25) is 0 Å². The van der Waals surface area contributed by atoms with Crippen molar-refractivity contribution >= 4 is 11.9 Å². The van der Waals surface area contributed by atoms with E-state index in [2.05, 4.69) is 33.0 Å². The average Bonchev–Trinajstić information content (AvgIpc) is 2.45. The molecule has 0 spiro atoms. The van der Waals surface area contributed by atoms with E-state index in [9.17, 15) is 9.59 Å². The van der Waals surface area contributed by atoms with E-state index >= 15 is 0 Å². The van der Waals surface area contributed by atoms with Crippen molar-refractivity contribution in [1.82, 2.24) is 5.32 Å². The highest BCUT2D eigenvalue weighted by Crippen LogP contribution is 2.30. The second kappa shape index (κ2) is 10.9. The lowest BCUT2D eigenvalue weighted by atomic mass is 9.81. The van der Waals surface area contributed by atoms with Crippen LogP contribution >= 0.6 is 0 Å². The van der Waals surface area contributed by atoms with E-state index in [1.54, 1.807) is 0 Å². The molecule has 26 heavy (non-hydrogen) atoms. The number of carbonyl (C=O) groups excluding carboxylic acids is 1. The van der Waals surface area contributed by atoms with Crippen molar-refractivity contribution in [3.05, 3.63) is 0 Å². The van der Waals surface area contributed by atoms with Crippen molar-refractivity contribution in [2.24, 2.45) is 0 Å². The largest absolute Gasteiger partial charge is 0.481 e. The van der Waals surface area contributed by atoms with Crippen LogP contribution in [0.15, 0.2) is 0 Å². The molecule has 0 amide bonds. The minimum atomic E-state index is -0.700. The third-order valence-corrected chi connectivity index (χ3v) is 4.97. The number of carbonyl (C=O) groups is 2. The van der Waals surface area contributed by atoms with Gasteiger partial charge in [0.15, 0.2) is 0 Å². The van der Waals surface area contributed by atoms with Crippen LogP contribution in [0.4, 0.5) is 0 Å². The third-order valence-electron chi connectivity index (χ3n) is 4.97. The van der Waals surface area contributed by atoms with Gasteiger partial charge in [-0.2, -0.15) is 0 Å². The summed E-state index contributed by atoms with van der Waals surface area (Å²) >= 11 is 0. The molecule has 1 aliphatic heterocycles. The van der Waals surface area contributed by atoms with Gasteiger partial charge < -0.3 is 15.2 Å². The molecule has 0 aromatic heterocycles. The molecule has 0 aromatic rings. The predicted octanol–water partition coefficient (Wildman–Crippen LogP) is 4.82. The van der Waals surface area contributed by atoms with Gasteiger partial charge in [0.2, 0.25) is 0 Å². The molecule has 2 N–H and O–H groups in total. The first kappa shape index (κ1) is 22.9. The number of unbranched alkanes of at least 4 members (excludes halogenated alkanes) is 7. The number of nitrogens with one attached hydrogen (secondary N) is 1. The average molecular weight is 370 g/mol. The molecule has 0 radical (unpaired) electrons. The second-order valence-electron chi connectivity index (χ2n) is 9.14. The Morgan fingerprint density at radius 1 is 0.846 bits per heavy atom. The van der Waals surface area contributed by atoms with Gasteiger partial charge in [-0.3, -0.25) is 9.59 Å². The number of hydrogen-bond donors (Lipinski definition) is 2. The maximum atomic E-state index is 12.1. The van der Waals surface area contributed by atoms with Gasteiger partial charge >= 0.3 is 11.9 Å². The molecule has 0 saturated carbocycles. The van der Waals surface area contributed by atoms with E-state index in [1.165, 1.54) is 6.42 Å². The van der Waals surface area contributed by atoms with Gasteiger partial charge in [0.05, 0.1) is 0 Å². The summed E-state index contributed by atoms with van der Waals surface area (Å²) in [6.07, 6.45) is 10.9. The molecule has 0 unspecified atom stereocenters. The lowest BCUT2D eigenvalue weighted by Gasteiger charge is -2.45. The summed E-state index contributed by atoms with van der Waals surface area (Å²) in [5.41, 5.74) is -0.00563. The molecular formula is C21H39NO4. The Kier molecular flexibility index (Phi) is 9.62. The fourth-order valence-electron chi connectivity index (χ4n) is 4.16. The van der Waals surface area contributed by atoms with Crippen molar-refractivity contribution in [1.29, 1.82) is 0 Å². The molecule has 1 rings (SSSR count). The van der Waals surface area contributed by atoms with E-state index in [4.69, 9.17) is 9.84 Å². The van der Waals surface area contributed by atoms with Crippen LogP contribution in [-0.4, -0.2) is 34.2 Å². The maximum absolute atomic E-state index is 12.1. The molecule has 0 atom stereocenters. The highest BCUT2D eigenvalue weighted by Gasteiger charge is 2.39. The van der Waals surface area contributed by atoms with E-state index in [-0.39, 0.29) is 29.6 Å². The fraction of sp³-hybridized carbons (Fsp3) is 0.905. The zero-order chi connectivity index (χ0) is 19.6. The third kappa shape index (κ3) is 10.8. The molecule has 5 heteroatoms. The van der Waals surface area contributed by atoms with E-state index in [0.29, 0.717) is 6.42 Å². The first-order chi connectivity index (χ1) is 12.1. The summed E-state index contributed by atoms with van der Waals surface area (Å²) in [7, 11) is 0. The molecule has 1 heterocycles. The van der Waals surface area contributed by atoms with Crippen LogP contribution in [0.3, 0.4) is 0 Å². The predicted molar refractivity (Wildman–Crippen MR) is 104 cm³/mol. The molecule has 0 bridgehead atoms. The summed E-state index contributed by atoms with van der Waals surface area (Å²) in [6, 6.07) is 0. The minimum Gasteiger partial charge on any atom is -0.481 e. The number of ether oxygens (including phenoxy) is 1. The molecule has 1 saturated heterocycles. The first-order valence-corrected chi connectivity index (χ1v) is 10.3. The van der Waals surface area contributed by atoms with Crippen LogP contribution in [0, 0.1) is 0 Å². The lowest BCUT2D eigenvalue weighted by Crippen LogP contribution is -2.59. The fourth-order valence-corrected chi connectivity index (χ4v) is 4.16. The van der Waals surface area contributed by atoms with Crippen molar-refractivity contribution < 1.29 is 19.4 Å². The highest BCUT2D eigenvalue weighted by molar-refractivity contribution is 5.69. The number of piperidine rings is 1. The van der Waals surface area contributed by atoms with Gasteiger partial charge in [0, 0.05) is 36.8 Å². The highest BCUT2D eigenvalue weighted by atomic mass is 16.5. The van der Waals surface area contributed by atoms with Crippen LogP contribution < -0.4 is 5.32 Å². The summed E-state index contributed by atoms with van der Waals surface area (Å²) in [5.74, 6) is -0.759. The van der Waals surface area contributed by atoms with Gasteiger partial charge in [-0.15, -0.1) is 0 Å².